The van der Waals surface area contributed by atoms with Gasteiger partial charge in [-0.2, -0.15) is 5.10 Å². The van der Waals surface area contributed by atoms with Gasteiger partial charge in [0.15, 0.2) is 0 Å². The number of hydrogen-bond donors (Lipinski definition) is 1. The van der Waals surface area contributed by atoms with Gasteiger partial charge in [-0.15, -0.1) is 0 Å². The van der Waals surface area contributed by atoms with Crippen LogP contribution < -0.4 is 10.1 Å². The molecule has 1 aliphatic heterocycles. The van der Waals surface area contributed by atoms with Gasteiger partial charge in [0.1, 0.15) is 11.4 Å². The number of carbonyl (C=O) groups is 2. The van der Waals surface area contributed by atoms with Crippen LogP contribution in [-0.2, 0) is 20.8 Å². The van der Waals surface area contributed by atoms with Crippen LogP contribution in [0.5, 0.6) is 5.75 Å². The van der Waals surface area contributed by atoms with Gasteiger partial charge in [0.25, 0.3) is 5.91 Å². The van der Waals surface area contributed by atoms with E-state index in [0.29, 0.717) is 22.2 Å². The standard InChI is InChI=1S/C23H29ClN4O5/c1-6-32-22(30)23(11-16-8-7-9-18(10-16)31-5)12-17(27-33-23)13-25-21(29)20-19(24)15(4)26-28(20)14(2)3/h7-10,14H,6,11-13H2,1-5H3,(H,25,29). The maximum Gasteiger partial charge on any atom is 0.354 e. The Bertz CT molecular complexity index is 1070. The molecule has 3 rings (SSSR count). The molecule has 0 bridgehead atoms. The van der Waals surface area contributed by atoms with Gasteiger partial charge in [0, 0.05) is 18.9 Å². The van der Waals surface area contributed by atoms with Gasteiger partial charge in [-0.3, -0.25) is 9.48 Å². The Kier molecular flexibility index (Phi) is 7.63. The fraction of sp³-hybridized carbons (Fsp3) is 0.478. The molecule has 2 aromatic rings. The lowest BCUT2D eigenvalue weighted by molar-refractivity contribution is -0.168. The highest BCUT2D eigenvalue weighted by atomic mass is 35.5. The quantitative estimate of drug-likeness (QED) is 0.555. The van der Waals surface area contributed by atoms with Crippen molar-refractivity contribution >= 4 is 29.2 Å². The van der Waals surface area contributed by atoms with Crippen molar-refractivity contribution in [2.75, 3.05) is 20.3 Å². The van der Waals surface area contributed by atoms with Crippen molar-refractivity contribution in [2.45, 2.75) is 52.2 Å². The third-order valence-corrected chi connectivity index (χ3v) is 5.73. The molecule has 0 radical (unpaired) electrons. The molecule has 1 N–H and O–H groups in total. The summed E-state index contributed by atoms with van der Waals surface area (Å²) in [6.07, 6.45) is 0.425. The number of amides is 1. The summed E-state index contributed by atoms with van der Waals surface area (Å²) in [5.74, 6) is -0.209. The van der Waals surface area contributed by atoms with Crippen LogP contribution in [0.3, 0.4) is 0 Å². The molecule has 0 spiro atoms. The molecular formula is C23H29ClN4O5. The minimum atomic E-state index is -1.31. The molecule has 0 saturated carbocycles. The van der Waals surface area contributed by atoms with E-state index in [2.05, 4.69) is 15.6 Å². The average Bonchev–Trinajstić information content (AvgIpc) is 3.34. The fourth-order valence-electron chi connectivity index (χ4n) is 3.66. The van der Waals surface area contributed by atoms with Gasteiger partial charge in [-0.1, -0.05) is 28.9 Å². The zero-order valence-corrected chi connectivity index (χ0v) is 20.2. The molecule has 1 unspecified atom stereocenters. The van der Waals surface area contributed by atoms with Gasteiger partial charge >= 0.3 is 5.97 Å². The summed E-state index contributed by atoms with van der Waals surface area (Å²) in [7, 11) is 1.58. The van der Waals surface area contributed by atoms with Crippen molar-refractivity contribution in [1.82, 2.24) is 15.1 Å². The van der Waals surface area contributed by atoms with Crippen LogP contribution in [0, 0.1) is 6.92 Å². The van der Waals surface area contributed by atoms with Gasteiger partial charge in [-0.25, -0.2) is 4.79 Å². The SMILES string of the molecule is CCOC(=O)C1(Cc2cccc(OC)c2)CC(CNC(=O)c2c(Cl)c(C)nn2C(C)C)=NO1. The zero-order valence-electron chi connectivity index (χ0n) is 19.5. The smallest absolute Gasteiger partial charge is 0.354 e. The summed E-state index contributed by atoms with van der Waals surface area (Å²) in [4.78, 5) is 31.3. The highest BCUT2D eigenvalue weighted by Gasteiger charge is 2.48. The van der Waals surface area contributed by atoms with Crippen LogP contribution in [-0.4, -0.2) is 53.2 Å². The van der Waals surface area contributed by atoms with Crippen LogP contribution in [0.1, 0.15) is 55.0 Å². The van der Waals surface area contributed by atoms with Gasteiger partial charge in [0.2, 0.25) is 5.60 Å². The van der Waals surface area contributed by atoms with E-state index in [4.69, 9.17) is 25.9 Å². The first-order valence-electron chi connectivity index (χ1n) is 10.8. The van der Waals surface area contributed by atoms with E-state index < -0.39 is 11.6 Å². The molecule has 1 aromatic carbocycles. The fourth-order valence-corrected chi connectivity index (χ4v) is 3.87. The number of halogens is 1. The number of aryl methyl sites for hydroxylation is 1. The Morgan fingerprint density at radius 2 is 2.12 bits per heavy atom. The van der Waals surface area contributed by atoms with Crippen molar-refractivity contribution in [1.29, 1.82) is 0 Å². The highest BCUT2D eigenvalue weighted by Crippen LogP contribution is 2.31. The van der Waals surface area contributed by atoms with E-state index in [1.54, 1.807) is 25.6 Å². The Balaban J connectivity index is 1.73. The molecule has 1 atom stereocenters. The van der Waals surface area contributed by atoms with Crippen LogP contribution >= 0.6 is 11.6 Å². The summed E-state index contributed by atoms with van der Waals surface area (Å²) in [6, 6.07) is 7.34. The van der Waals surface area contributed by atoms with Crippen LogP contribution in [0.4, 0.5) is 0 Å². The van der Waals surface area contributed by atoms with Crippen LogP contribution in [0.25, 0.3) is 0 Å². The molecule has 178 valence electrons. The van der Waals surface area contributed by atoms with Crippen molar-refractivity contribution < 1.29 is 23.9 Å². The second-order valence-electron chi connectivity index (χ2n) is 8.14. The summed E-state index contributed by atoms with van der Waals surface area (Å²) in [6.45, 7) is 7.63. The number of nitrogens with one attached hydrogen (secondary N) is 1. The van der Waals surface area contributed by atoms with Gasteiger partial charge < -0.3 is 19.6 Å². The molecule has 1 aromatic heterocycles. The number of ether oxygens (including phenoxy) is 2. The van der Waals surface area contributed by atoms with E-state index in [-0.39, 0.29) is 43.6 Å². The maximum absolute atomic E-state index is 12.9. The topological polar surface area (TPSA) is 104 Å². The lowest BCUT2D eigenvalue weighted by atomic mass is 9.89. The number of rotatable bonds is 9. The minimum Gasteiger partial charge on any atom is -0.497 e. The number of benzene rings is 1. The molecule has 33 heavy (non-hydrogen) atoms. The van der Waals surface area contributed by atoms with Crippen molar-refractivity contribution in [3.05, 3.63) is 46.2 Å². The van der Waals surface area contributed by atoms with Crippen LogP contribution in [0.15, 0.2) is 29.4 Å². The normalized spacial score (nSPS) is 17.5. The predicted octanol–water partition coefficient (Wildman–Crippen LogP) is 3.49. The highest BCUT2D eigenvalue weighted by molar-refractivity contribution is 6.34. The van der Waals surface area contributed by atoms with E-state index in [9.17, 15) is 9.59 Å². The summed E-state index contributed by atoms with van der Waals surface area (Å²) in [5, 5.41) is 11.6. The van der Waals surface area contributed by atoms with E-state index in [0.717, 1.165) is 5.56 Å². The number of oxime groups is 1. The third kappa shape index (κ3) is 5.30. The van der Waals surface area contributed by atoms with Crippen molar-refractivity contribution in [2.24, 2.45) is 5.16 Å². The Hall–Kier alpha value is -3.07. The lowest BCUT2D eigenvalue weighted by Crippen LogP contribution is -2.43. The second-order valence-corrected chi connectivity index (χ2v) is 8.52. The zero-order chi connectivity index (χ0) is 24.2. The van der Waals surface area contributed by atoms with E-state index >= 15 is 0 Å². The first kappa shape index (κ1) is 24.6. The summed E-state index contributed by atoms with van der Waals surface area (Å²) < 4.78 is 12.1. The average molecular weight is 477 g/mol. The maximum atomic E-state index is 12.9. The molecular weight excluding hydrogens is 448 g/mol. The van der Waals surface area contributed by atoms with E-state index in [1.165, 1.54) is 0 Å². The number of carbonyl (C=O) groups excluding carboxylic acids is 2. The lowest BCUT2D eigenvalue weighted by Gasteiger charge is -2.24. The molecule has 1 amide bonds. The first-order chi connectivity index (χ1) is 15.7. The third-order valence-electron chi connectivity index (χ3n) is 5.28. The molecule has 10 heteroatoms. The van der Waals surface area contributed by atoms with Crippen molar-refractivity contribution in [3.8, 4) is 5.75 Å². The monoisotopic (exact) mass is 476 g/mol. The number of hydrogen-bond acceptors (Lipinski definition) is 7. The Labute approximate surface area is 198 Å². The summed E-state index contributed by atoms with van der Waals surface area (Å²) in [5.41, 5.74) is 0.915. The molecule has 9 nitrogen and oxygen atoms in total. The molecule has 1 aliphatic rings. The number of esters is 1. The Morgan fingerprint density at radius 3 is 2.79 bits per heavy atom. The molecule has 0 fully saturated rings. The first-order valence-corrected chi connectivity index (χ1v) is 11.2. The largest absolute Gasteiger partial charge is 0.497 e. The van der Waals surface area contributed by atoms with Crippen molar-refractivity contribution in [3.63, 3.8) is 0 Å². The minimum absolute atomic E-state index is 0.0385. The second kappa shape index (κ2) is 10.2. The summed E-state index contributed by atoms with van der Waals surface area (Å²) >= 11 is 6.31. The van der Waals surface area contributed by atoms with Gasteiger partial charge in [-0.05, 0) is 45.4 Å². The number of aromatic nitrogens is 2. The molecule has 0 aliphatic carbocycles. The predicted molar refractivity (Wildman–Crippen MR) is 124 cm³/mol. The number of nitrogens with zero attached hydrogens (tertiary/aromatic N) is 3. The molecule has 0 saturated heterocycles. The van der Waals surface area contributed by atoms with Crippen LogP contribution in [0.2, 0.25) is 5.02 Å². The van der Waals surface area contributed by atoms with Gasteiger partial charge in [0.05, 0.1) is 36.7 Å². The molecule has 2 heterocycles. The number of methoxy groups -OCH3 is 1. The Morgan fingerprint density at radius 1 is 1.36 bits per heavy atom. The van der Waals surface area contributed by atoms with E-state index in [1.807, 2.05) is 38.1 Å².